The molecule has 2 atom stereocenters. The van der Waals surface area contributed by atoms with Gasteiger partial charge in [0.15, 0.2) is 0 Å². The zero-order valence-electron chi connectivity index (χ0n) is 16.8. The van der Waals surface area contributed by atoms with Crippen LogP contribution in [0.1, 0.15) is 20.3 Å². The average molecular weight is 389 g/mol. The Balaban J connectivity index is 1.69. The number of amides is 2. The van der Waals surface area contributed by atoms with Gasteiger partial charge in [-0.05, 0) is 29.2 Å². The van der Waals surface area contributed by atoms with Crippen LogP contribution in [0.2, 0.25) is 0 Å². The van der Waals surface area contributed by atoms with Crippen LogP contribution in [0.3, 0.4) is 0 Å². The number of allylic oxidation sites excluding steroid dienone is 1. The second-order valence-electron chi connectivity index (χ2n) is 7.28. The number of nitrogen functional groups attached to an aromatic ring is 1. The van der Waals surface area contributed by atoms with Crippen LogP contribution in [0.5, 0.6) is 0 Å². The number of hydrogen-bond donors (Lipinski definition) is 3. The lowest BCUT2D eigenvalue weighted by atomic mass is 9.86. The Morgan fingerprint density at radius 1 is 1.07 bits per heavy atom. The lowest BCUT2D eigenvalue weighted by molar-refractivity contribution is -0.121. The SMILES string of the molecule is CCC(=O)NCC1C=CC(C(=O)Nc2cc(-c3ccccc3)ccc2N)=CC1C. The summed E-state index contributed by atoms with van der Waals surface area (Å²) in [4.78, 5) is 24.2. The van der Waals surface area contributed by atoms with Crippen molar-refractivity contribution in [3.05, 3.63) is 72.3 Å². The van der Waals surface area contributed by atoms with Gasteiger partial charge in [-0.25, -0.2) is 0 Å². The van der Waals surface area contributed by atoms with Gasteiger partial charge in [0.05, 0.1) is 11.4 Å². The lowest BCUT2D eigenvalue weighted by Gasteiger charge is -2.23. The minimum atomic E-state index is -0.193. The quantitative estimate of drug-likeness (QED) is 0.649. The number of anilines is 2. The molecule has 0 aromatic heterocycles. The molecule has 1 aliphatic carbocycles. The summed E-state index contributed by atoms with van der Waals surface area (Å²) in [6, 6.07) is 15.6. The standard InChI is InChI=1S/C24H27N3O2/c1-3-23(28)26-15-20-10-9-19(13-16(20)2)24(29)27-22-14-18(11-12-21(22)25)17-7-5-4-6-8-17/h4-14,16,20H,3,15,25H2,1-2H3,(H,26,28)(H,27,29). The molecule has 0 heterocycles. The van der Waals surface area contributed by atoms with Gasteiger partial charge in [0, 0.05) is 24.5 Å². The summed E-state index contributed by atoms with van der Waals surface area (Å²) in [5.74, 6) is 0.160. The molecule has 0 saturated carbocycles. The molecule has 4 N–H and O–H groups in total. The van der Waals surface area contributed by atoms with Crippen LogP contribution in [0.25, 0.3) is 11.1 Å². The van der Waals surface area contributed by atoms with Crippen molar-refractivity contribution in [1.29, 1.82) is 0 Å². The molecule has 0 fully saturated rings. The molecule has 0 radical (unpaired) electrons. The Kier molecular flexibility index (Phi) is 6.50. The van der Waals surface area contributed by atoms with E-state index in [9.17, 15) is 9.59 Å². The highest BCUT2D eigenvalue weighted by Crippen LogP contribution is 2.28. The number of carbonyl (C=O) groups is 2. The fourth-order valence-electron chi connectivity index (χ4n) is 3.30. The highest BCUT2D eigenvalue weighted by atomic mass is 16.2. The van der Waals surface area contributed by atoms with E-state index in [1.54, 1.807) is 6.07 Å². The zero-order valence-corrected chi connectivity index (χ0v) is 16.8. The van der Waals surface area contributed by atoms with E-state index in [1.165, 1.54) is 0 Å². The summed E-state index contributed by atoms with van der Waals surface area (Å²) in [6.07, 6.45) is 6.21. The molecule has 0 bridgehead atoms. The average Bonchev–Trinajstić information content (AvgIpc) is 2.74. The van der Waals surface area contributed by atoms with Gasteiger partial charge >= 0.3 is 0 Å². The second-order valence-corrected chi connectivity index (χ2v) is 7.28. The smallest absolute Gasteiger partial charge is 0.255 e. The van der Waals surface area contributed by atoms with Crippen LogP contribution in [-0.4, -0.2) is 18.4 Å². The van der Waals surface area contributed by atoms with Gasteiger partial charge in [0.25, 0.3) is 5.91 Å². The predicted octanol–water partition coefficient (Wildman–Crippen LogP) is 4.15. The van der Waals surface area contributed by atoms with Crippen LogP contribution in [0, 0.1) is 11.8 Å². The number of benzene rings is 2. The molecule has 2 aromatic rings. The normalized spacial score (nSPS) is 18.1. The van der Waals surface area contributed by atoms with Crippen molar-refractivity contribution >= 4 is 23.2 Å². The third-order valence-corrected chi connectivity index (χ3v) is 5.17. The van der Waals surface area contributed by atoms with E-state index in [1.807, 2.05) is 74.5 Å². The molecule has 2 unspecified atom stereocenters. The zero-order chi connectivity index (χ0) is 20.8. The van der Waals surface area contributed by atoms with E-state index in [0.29, 0.717) is 29.9 Å². The van der Waals surface area contributed by atoms with Crippen LogP contribution < -0.4 is 16.4 Å². The second kappa shape index (κ2) is 9.24. The lowest BCUT2D eigenvalue weighted by Crippen LogP contribution is -2.31. The largest absolute Gasteiger partial charge is 0.397 e. The fraction of sp³-hybridized carbons (Fsp3) is 0.250. The van der Waals surface area contributed by atoms with Crippen molar-refractivity contribution in [2.24, 2.45) is 11.8 Å². The van der Waals surface area contributed by atoms with E-state index < -0.39 is 0 Å². The number of nitrogens with two attached hydrogens (primary N) is 1. The van der Waals surface area contributed by atoms with Gasteiger partial charge < -0.3 is 16.4 Å². The minimum Gasteiger partial charge on any atom is -0.397 e. The third kappa shape index (κ3) is 5.13. The van der Waals surface area contributed by atoms with Gasteiger partial charge in [0.2, 0.25) is 5.91 Å². The Labute approximate surface area is 171 Å². The summed E-state index contributed by atoms with van der Waals surface area (Å²) < 4.78 is 0. The number of carbonyl (C=O) groups excluding carboxylic acids is 2. The topological polar surface area (TPSA) is 84.2 Å². The van der Waals surface area contributed by atoms with Crippen molar-refractivity contribution in [1.82, 2.24) is 5.32 Å². The first-order chi connectivity index (χ1) is 14.0. The molecule has 0 saturated heterocycles. The van der Waals surface area contributed by atoms with E-state index in [2.05, 4.69) is 10.6 Å². The van der Waals surface area contributed by atoms with Crippen molar-refractivity contribution in [3.8, 4) is 11.1 Å². The monoisotopic (exact) mass is 389 g/mol. The Morgan fingerprint density at radius 2 is 1.83 bits per heavy atom. The molecule has 2 aromatic carbocycles. The summed E-state index contributed by atoms with van der Waals surface area (Å²) in [5.41, 5.74) is 9.84. The summed E-state index contributed by atoms with van der Waals surface area (Å²) in [7, 11) is 0. The van der Waals surface area contributed by atoms with Crippen LogP contribution >= 0.6 is 0 Å². The minimum absolute atomic E-state index is 0.0342. The predicted molar refractivity (Wildman–Crippen MR) is 118 cm³/mol. The van der Waals surface area contributed by atoms with Crippen molar-refractivity contribution in [2.45, 2.75) is 20.3 Å². The van der Waals surface area contributed by atoms with Gasteiger partial charge in [-0.3, -0.25) is 9.59 Å². The Morgan fingerprint density at radius 3 is 2.52 bits per heavy atom. The Hall–Kier alpha value is -3.34. The number of hydrogen-bond acceptors (Lipinski definition) is 3. The molecule has 1 aliphatic rings. The maximum atomic E-state index is 12.8. The van der Waals surface area contributed by atoms with Crippen LogP contribution in [0.15, 0.2) is 72.3 Å². The molecule has 0 aliphatic heterocycles. The van der Waals surface area contributed by atoms with E-state index in [4.69, 9.17) is 5.73 Å². The van der Waals surface area contributed by atoms with E-state index in [-0.39, 0.29) is 23.7 Å². The van der Waals surface area contributed by atoms with Crippen molar-refractivity contribution in [3.63, 3.8) is 0 Å². The molecule has 29 heavy (non-hydrogen) atoms. The van der Waals surface area contributed by atoms with Gasteiger partial charge in [-0.2, -0.15) is 0 Å². The summed E-state index contributed by atoms with van der Waals surface area (Å²) in [6.45, 7) is 4.45. The number of nitrogens with one attached hydrogen (secondary N) is 2. The van der Waals surface area contributed by atoms with E-state index in [0.717, 1.165) is 11.1 Å². The highest BCUT2D eigenvalue weighted by molar-refractivity contribution is 6.07. The maximum absolute atomic E-state index is 12.8. The molecule has 3 rings (SSSR count). The van der Waals surface area contributed by atoms with Gasteiger partial charge in [-0.15, -0.1) is 0 Å². The van der Waals surface area contributed by atoms with Gasteiger partial charge in [0.1, 0.15) is 0 Å². The van der Waals surface area contributed by atoms with E-state index >= 15 is 0 Å². The summed E-state index contributed by atoms with van der Waals surface area (Å²) in [5, 5.41) is 5.84. The third-order valence-electron chi connectivity index (χ3n) is 5.17. The van der Waals surface area contributed by atoms with Gasteiger partial charge in [-0.1, -0.05) is 68.5 Å². The number of rotatable bonds is 6. The molecule has 150 valence electrons. The first-order valence-corrected chi connectivity index (χ1v) is 9.91. The molecule has 2 amide bonds. The van der Waals surface area contributed by atoms with Crippen molar-refractivity contribution in [2.75, 3.05) is 17.6 Å². The first kappa shape index (κ1) is 20.4. The van der Waals surface area contributed by atoms with Crippen molar-refractivity contribution < 1.29 is 9.59 Å². The molecule has 0 spiro atoms. The highest BCUT2D eigenvalue weighted by Gasteiger charge is 2.21. The summed E-state index contributed by atoms with van der Waals surface area (Å²) >= 11 is 0. The molecule has 5 heteroatoms. The maximum Gasteiger partial charge on any atom is 0.255 e. The van der Waals surface area contributed by atoms with Crippen LogP contribution in [-0.2, 0) is 9.59 Å². The fourth-order valence-corrected chi connectivity index (χ4v) is 3.30. The van der Waals surface area contributed by atoms with Crippen LogP contribution in [0.4, 0.5) is 11.4 Å². The molecular weight excluding hydrogens is 362 g/mol. The first-order valence-electron chi connectivity index (χ1n) is 9.91. The Bertz CT molecular complexity index is 948. The molecular formula is C24H27N3O2. The molecule has 5 nitrogen and oxygen atoms in total.